The third-order valence-electron chi connectivity index (χ3n) is 3.83. The number of halogens is 2. The lowest BCUT2D eigenvalue weighted by Gasteiger charge is -2.40. The summed E-state index contributed by atoms with van der Waals surface area (Å²) in [5, 5.41) is 3.61. The molecule has 2 rings (SSSR count). The van der Waals surface area contributed by atoms with E-state index in [2.05, 4.69) is 49.5 Å². The predicted molar refractivity (Wildman–Crippen MR) is 94.8 cm³/mol. The highest BCUT2D eigenvalue weighted by molar-refractivity contribution is 9.11. The van der Waals surface area contributed by atoms with Gasteiger partial charge in [0.1, 0.15) is 5.75 Å². The van der Waals surface area contributed by atoms with E-state index in [9.17, 15) is 0 Å². The Morgan fingerprint density at radius 2 is 2.10 bits per heavy atom. The number of thioether (sulfide) groups is 1. The second-order valence-electron chi connectivity index (χ2n) is 5.15. The molecule has 1 aromatic carbocycles. The monoisotopic (exact) mass is 421 g/mol. The summed E-state index contributed by atoms with van der Waals surface area (Å²) >= 11 is 9.14. The van der Waals surface area contributed by atoms with Crippen molar-refractivity contribution >= 4 is 43.6 Å². The maximum Gasteiger partial charge on any atom is 0.138 e. The average Bonchev–Trinajstić information content (AvgIpc) is 2.36. The van der Waals surface area contributed by atoms with Gasteiger partial charge in [0.15, 0.2) is 0 Å². The molecule has 0 aromatic heterocycles. The van der Waals surface area contributed by atoms with E-state index < -0.39 is 0 Å². The number of hydrogen-bond acceptors (Lipinski definition) is 3. The molecule has 1 aliphatic carbocycles. The van der Waals surface area contributed by atoms with Crippen LogP contribution in [0.3, 0.4) is 0 Å². The Balaban J connectivity index is 2.01. The van der Waals surface area contributed by atoms with Crippen LogP contribution in [-0.2, 0) is 6.54 Å². The van der Waals surface area contributed by atoms with Gasteiger partial charge in [0.25, 0.3) is 0 Å². The Morgan fingerprint density at radius 3 is 2.65 bits per heavy atom. The molecule has 0 unspecified atom stereocenters. The van der Waals surface area contributed by atoms with E-state index in [1.807, 2.05) is 24.8 Å². The smallest absolute Gasteiger partial charge is 0.138 e. The van der Waals surface area contributed by atoms with Crippen molar-refractivity contribution < 1.29 is 4.74 Å². The van der Waals surface area contributed by atoms with E-state index in [0.29, 0.717) is 11.4 Å². The maximum atomic E-state index is 5.76. The van der Waals surface area contributed by atoms with E-state index in [4.69, 9.17) is 4.74 Å². The Hall–Kier alpha value is 0.290. The van der Waals surface area contributed by atoms with Crippen molar-refractivity contribution in [3.05, 3.63) is 26.6 Å². The van der Waals surface area contributed by atoms with Crippen LogP contribution in [-0.4, -0.2) is 24.2 Å². The van der Waals surface area contributed by atoms with E-state index in [1.165, 1.54) is 24.8 Å². The number of nitrogens with one attached hydrogen (secondary N) is 1. The predicted octanol–water partition coefficient (Wildman–Crippen LogP) is 4.99. The second kappa shape index (κ2) is 7.52. The molecule has 20 heavy (non-hydrogen) atoms. The molecule has 1 aliphatic rings. The summed E-state index contributed by atoms with van der Waals surface area (Å²) in [6.07, 6.45) is 6.26. The van der Waals surface area contributed by atoms with Gasteiger partial charge in [-0.25, -0.2) is 0 Å². The molecule has 5 heteroatoms. The van der Waals surface area contributed by atoms with Crippen molar-refractivity contribution in [3.63, 3.8) is 0 Å². The van der Waals surface area contributed by atoms with E-state index >= 15 is 0 Å². The summed E-state index contributed by atoms with van der Waals surface area (Å²) in [6, 6.07) is 4.17. The van der Waals surface area contributed by atoms with Crippen LogP contribution in [0.1, 0.15) is 31.7 Å². The number of hydrogen-bond donors (Lipinski definition) is 1. The highest BCUT2D eigenvalue weighted by atomic mass is 79.9. The van der Waals surface area contributed by atoms with Gasteiger partial charge in [-0.05, 0) is 54.1 Å². The normalized spacial score (nSPS) is 16.8. The van der Waals surface area contributed by atoms with Gasteiger partial charge in [0.05, 0.1) is 11.1 Å². The lowest BCUT2D eigenvalue weighted by Crippen LogP contribution is -2.43. The molecule has 1 N–H and O–H groups in total. The summed E-state index contributed by atoms with van der Waals surface area (Å²) < 4.78 is 8.31. The van der Waals surface area contributed by atoms with Crippen LogP contribution >= 0.6 is 43.6 Å². The molecule has 0 saturated heterocycles. The molecule has 0 aliphatic heterocycles. The number of rotatable bonds is 7. The molecule has 1 aromatic rings. The summed E-state index contributed by atoms with van der Waals surface area (Å²) in [7, 11) is 0. The van der Waals surface area contributed by atoms with Crippen LogP contribution in [0.15, 0.2) is 21.1 Å². The van der Waals surface area contributed by atoms with Crippen molar-refractivity contribution in [2.45, 2.75) is 37.5 Å². The van der Waals surface area contributed by atoms with Gasteiger partial charge in [0.2, 0.25) is 0 Å². The zero-order valence-electron chi connectivity index (χ0n) is 12.0. The molecular weight excluding hydrogens is 402 g/mol. The molecule has 1 saturated carbocycles. The SMILES string of the molecule is CCOc1c(Br)cc(Br)cc1CNCC1(SC)CCC1. The van der Waals surface area contributed by atoms with Gasteiger partial charge in [0, 0.05) is 27.9 Å². The largest absolute Gasteiger partial charge is 0.492 e. The number of ether oxygens (including phenoxy) is 1. The Labute approximate surface area is 142 Å². The molecule has 2 nitrogen and oxygen atoms in total. The average molecular weight is 423 g/mol. The first-order valence-corrected chi connectivity index (χ1v) is 9.78. The lowest BCUT2D eigenvalue weighted by molar-refractivity contribution is 0.327. The Bertz CT molecular complexity index is 458. The highest BCUT2D eigenvalue weighted by Crippen LogP contribution is 2.42. The van der Waals surface area contributed by atoms with Crippen LogP contribution < -0.4 is 10.1 Å². The second-order valence-corrected chi connectivity index (χ2v) is 8.20. The third-order valence-corrected chi connectivity index (χ3v) is 6.30. The molecule has 0 amide bonds. The van der Waals surface area contributed by atoms with Gasteiger partial charge in [-0.2, -0.15) is 11.8 Å². The zero-order chi connectivity index (χ0) is 14.6. The summed E-state index contributed by atoms with van der Waals surface area (Å²) in [6.45, 7) is 4.62. The van der Waals surface area contributed by atoms with Gasteiger partial charge < -0.3 is 10.1 Å². The summed E-state index contributed by atoms with van der Waals surface area (Å²) in [4.78, 5) is 0. The van der Waals surface area contributed by atoms with Crippen molar-refractivity contribution in [1.29, 1.82) is 0 Å². The zero-order valence-corrected chi connectivity index (χ0v) is 16.0. The first-order chi connectivity index (χ1) is 9.60. The molecule has 112 valence electrons. The van der Waals surface area contributed by atoms with E-state index in [-0.39, 0.29) is 0 Å². The van der Waals surface area contributed by atoms with Crippen molar-refractivity contribution in [2.75, 3.05) is 19.4 Å². The summed E-state index contributed by atoms with van der Waals surface area (Å²) in [5.41, 5.74) is 1.20. The van der Waals surface area contributed by atoms with Gasteiger partial charge in [-0.1, -0.05) is 22.4 Å². The molecular formula is C15H21Br2NOS. The first kappa shape index (κ1) is 16.7. The van der Waals surface area contributed by atoms with Crippen molar-refractivity contribution in [3.8, 4) is 5.75 Å². The fourth-order valence-electron chi connectivity index (χ4n) is 2.50. The molecule has 0 bridgehead atoms. The standard InChI is InChI=1S/C15H21Br2NOS/c1-3-19-14-11(7-12(16)8-13(14)17)9-18-10-15(20-2)5-4-6-15/h7-8,18H,3-6,9-10H2,1-2H3. The van der Waals surface area contributed by atoms with Crippen LogP contribution in [0.2, 0.25) is 0 Å². The highest BCUT2D eigenvalue weighted by Gasteiger charge is 2.35. The van der Waals surface area contributed by atoms with Crippen LogP contribution in [0.5, 0.6) is 5.75 Å². The van der Waals surface area contributed by atoms with E-state index in [1.54, 1.807) is 0 Å². The quantitative estimate of drug-likeness (QED) is 0.668. The fraction of sp³-hybridized carbons (Fsp3) is 0.600. The van der Waals surface area contributed by atoms with Gasteiger partial charge in [-0.3, -0.25) is 0 Å². The lowest BCUT2D eigenvalue weighted by atomic mass is 9.84. The third kappa shape index (κ3) is 3.93. The van der Waals surface area contributed by atoms with Crippen LogP contribution in [0, 0.1) is 0 Å². The van der Waals surface area contributed by atoms with E-state index in [0.717, 1.165) is 27.8 Å². The Morgan fingerprint density at radius 1 is 1.35 bits per heavy atom. The van der Waals surface area contributed by atoms with Gasteiger partial charge >= 0.3 is 0 Å². The maximum absolute atomic E-state index is 5.76. The van der Waals surface area contributed by atoms with Crippen LogP contribution in [0.25, 0.3) is 0 Å². The minimum Gasteiger partial charge on any atom is -0.492 e. The molecule has 0 heterocycles. The fourth-order valence-corrected chi connectivity index (χ4v) is 4.87. The van der Waals surface area contributed by atoms with Crippen molar-refractivity contribution in [1.82, 2.24) is 5.32 Å². The van der Waals surface area contributed by atoms with Gasteiger partial charge in [-0.15, -0.1) is 0 Å². The van der Waals surface area contributed by atoms with Crippen LogP contribution in [0.4, 0.5) is 0 Å². The molecule has 0 atom stereocenters. The Kier molecular flexibility index (Phi) is 6.26. The molecule has 1 fully saturated rings. The topological polar surface area (TPSA) is 21.3 Å². The van der Waals surface area contributed by atoms with Crippen molar-refractivity contribution in [2.24, 2.45) is 0 Å². The number of benzene rings is 1. The summed E-state index contributed by atoms with van der Waals surface area (Å²) in [5.74, 6) is 0.954. The first-order valence-electron chi connectivity index (χ1n) is 6.97. The minimum atomic E-state index is 0.467. The minimum absolute atomic E-state index is 0.467. The molecule has 0 spiro atoms. The molecule has 0 radical (unpaired) electrons.